The number of benzene rings is 2. The number of fused-ring (bicyclic) bond motifs is 1. The van der Waals surface area contributed by atoms with Crippen molar-refractivity contribution in [2.45, 2.75) is 38.5 Å². The summed E-state index contributed by atoms with van der Waals surface area (Å²) in [6, 6.07) is 15.3. The SMILES string of the molecule is NC(=O)C(CCC(=O)c1ccc(C(=O)N2CCOCC2)cc1)CCC1Cc2ccccc2C1. The highest BCUT2D eigenvalue weighted by Gasteiger charge is 2.24. The van der Waals surface area contributed by atoms with Crippen molar-refractivity contribution in [2.75, 3.05) is 26.3 Å². The minimum atomic E-state index is -0.329. The number of primary amides is 1. The van der Waals surface area contributed by atoms with E-state index in [1.165, 1.54) is 11.1 Å². The molecule has 2 aromatic rings. The summed E-state index contributed by atoms with van der Waals surface area (Å²) in [6.45, 7) is 2.27. The van der Waals surface area contributed by atoms with Crippen molar-refractivity contribution in [3.05, 3.63) is 70.8 Å². The van der Waals surface area contributed by atoms with Gasteiger partial charge in [-0.25, -0.2) is 0 Å². The summed E-state index contributed by atoms with van der Waals surface area (Å²) in [5, 5.41) is 0. The van der Waals surface area contributed by atoms with Gasteiger partial charge in [0.05, 0.1) is 13.2 Å². The fourth-order valence-corrected chi connectivity index (χ4v) is 4.92. The van der Waals surface area contributed by atoms with Crippen LogP contribution in [0, 0.1) is 11.8 Å². The van der Waals surface area contributed by atoms with Gasteiger partial charge in [-0.1, -0.05) is 36.4 Å². The Morgan fingerprint density at radius 2 is 1.52 bits per heavy atom. The Bertz CT molecular complexity index is 970. The number of carbonyl (C=O) groups is 3. The quantitative estimate of drug-likeness (QED) is 0.595. The molecule has 1 aliphatic carbocycles. The van der Waals surface area contributed by atoms with Crippen molar-refractivity contribution in [3.63, 3.8) is 0 Å². The lowest BCUT2D eigenvalue weighted by Gasteiger charge is -2.26. The summed E-state index contributed by atoms with van der Waals surface area (Å²) >= 11 is 0. The average Bonchev–Trinajstić information content (AvgIpc) is 3.27. The normalized spacial score (nSPS) is 16.9. The minimum absolute atomic E-state index is 0.0279. The number of amides is 2. The lowest BCUT2D eigenvalue weighted by Crippen LogP contribution is -2.40. The molecule has 0 saturated carbocycles. The molecule has 6 nitrogen and oxygen atoms in total. The Hall–Kier alpha value is -2.99. The first-order valence-corrected chi connectivity index (χ1v) is 11.9. The van der Waals surface area contributed by atoms with E-state index in [1.54, 1.807) is 29.2 Å². The lowest BCUT2D eigenvalue weighted by molar-refractivity contribution is -0.122. The van der Waals surface area contributed by atoms with Crippen molar-refractivity contribution in [1.29, 1.82) is 0 Å². The Labute approximate surface area is 195 Å². The van der Waals surface area contributed by atoms with E-state index in [2.05, 4.69) is 24.3 Å². The van der Waals surface area contributed by atoms with E-state index in [0.29, 0.717) is 56.2 Å². The van der Waals surface area contributed by atoms with E-state index in [9.17, 15) is 14.4 Å². The molecule has 1 unspecified atom stereocenters. The minimum Gasteiger partial charge on any atom is -0.378 e. The third-order valence-corrected chi connectivity index (χ3v) is 6.93. The molecule has 174 valence electrons. The van der Waals surface area contributed by atoms with Crippen molar-refractivity contribution in [2.24, 2.45) is 17.6 Å². The fourth-order valence-electron chi connectivity index (χ4n) is 4.92. The van der Waals surface area contributed by atoms with Crippen LogP contribution in [0.5, 0.6) is 0 Å². The van der Waals surface area contributed by atoms with Crippen LogP contribution in [0.25, 0.3) is 0 Å². The smallest absolute Gasteiger partial charge is 0.254 e. The molecular formula is C27H32N2O4. The van der Waals surface area contributed by atoms with Crippen LogP contribution in [-0.2, 0) is 22.4 Å². The molecule has 2 aliphatic rings. The average molecular weight is 449 g/mol. The van der Waals surface area contributed by atoms with Gasteiger partial charge >= 0.3 is 0 Å². The van der Waals surface area contributed by atoms with Crippen LogP contribution in [0.4, 0.5) is 0 Å². The number of ether oxygens (including phenoxy) is 1. The van der Waals surface area contributed by atoms with Crippen molar-refractivity contribution in [3.8, 4) is 0 Å². The molecule has 6 heteroatoms. The van der Waals surface area contributed by atoms with E-state index in [4.69, 9.17) is 10.5 Å². The molecule has 1 saturated heterocycles. The maximum absolute atomic E-state index is 12.7. The van der Waals surface area contributed by atoms with Gasteiger partial charge in [0.2, 0.25) is 5.91 Å². The zero-order valence-corrected chi connectivity index (χ0v) is 19.0. The number of nitrogens with zero attached hydrogens (tertiary/aromatic N) is 1. The van der Waals surface area contributed by atoms with Crippen LogP contribution in [0.2, 0.25) is 0 Å². The van der Waals surface area contributed by atoms with Crippen LogP contribution in [0.15, 0.2) is 48.5 Å². The lowest BCUT2D eigenvalue weighted by atomic mass is 9.89. The van der Waals surface area contributed by atoms with Crippen LogP contribution in [0.3, 0.4) is 0 Å². The van der Waals surface area contributed by atoms with Gasteiger partial charge in [-0.15, -0.1) is 0 Å². The Kier molecular flexibility index (Phi) is 7.55. The summed E-state index contributed by atoms with van der Waals surface area (Å²) in [5.41, 5.74) is 9.59. The number of Topliss-reactive ketones (excluding diaryl/α,β-unsaturated/α-hetero) is 1. The van der Waals surface area contributed by atoms with E-state index in [0.717, 1.165) is 19.3 Å². The molecule has 0 radical (unpaired) electrons. The first-order chi connectivity index (χ1) is 16.0. The standard InChI is InChI=1S/C27H32N2O4/c28-26(31)21(6-5-19-17-23-3-1-2-4-24(23)18-19)11-12-25(30)20-7-9-22(10-8-20)27(32)29-13-15-33-16-14-29/h1-4,7-10,19,21H,5-6,11-18H2,(H2,28,31). The Balaban J connectivity index is 1.26. The van der Waals surface area contributed by atoms with Gasteiger partial charge < -0.3 is 15.4 Å². The fraction of sp³-hybridized carbons (Fsp3) is 0.444. The van der Waals surface area contributed by atoms with Crippen LogP contribution in [0.1, 0.15) is 57.5 Å². The van der Waals surface area contributed by atoms with Gasteiger partial charge in [-0.3, -0.25) is 14.4 Å². The van der Waals surface area contributed by atoms with E-state index in [1.807, 2.05) is 0 Å². The molecule has 0 spiro atoms. The zero-order chi connectivity index (χ0) is 23.2. The predicted octanol–water partition coefficient (Wildman–Crippen LogP) is 3.42. The van der Waals surface area contributed by atoms with Crippen molar-refractivity contribution >= 4 is 17.6 Å². The third kappa shape index (κ3) is 5.88. The van der Waals surface area contributed by atoms with E-state index < -0.39 is 0 Å². The van der Waals surface area contributed by atoms with Gasteiger partial charge in [0.1, 0.15) is 0 Å². The second-order valence-corrected chi connectivity index (χ2v) is 9.16. The number of hydrogen-bond acceptors (Lipinski definition) is 4. The van der Waals surface area contributed by atoms with Crippen LogP contribution < -0.4 is 5.73 Å². The second kappa shape index (κ2) is 10.8. The first-order valence-electron chi connectivity index (χ1n) is 11.9. The zero-order valence-electron chi connectivity index (χ0n) is 19.0. The van der Waals surface area contributed by atoms with E-state index in [-0.39, 0.29) is 29.9 Å². The number of nitrogens with two attached hydrogens (primary N) is 1. The maximum Gasteiger partial charge on any atom is 0.254 e. The summed E-state index contributed by atoms with van der Waals surface area (Å²) in [5.74, 6) is -0.152. The molecular weight excluding hydrogens is 416 g/mol. The number of hydrogen-bond donors (Lipinski definition) is 1. The highest BCUT2D eigenvalue weighted by molar-refractivity contribution is 5.99. The predicted molar refractivity (Wildman–Crippen MR) is 126 cm³/mol. The van der Waals surface area contributed by atoms with Crippen molar-refractivity contribution < 1.29 is 19.1 Å². The molecule has 33 heavy (non-hydrogen) atoms. The molecule has 1 heterocycles. The largest absolute Gasteiger partial charge is 0.378 e. The Morgan fingerprint density at radius 1 is 0.909 bits per heavy atom. The molecule has 1 aliphatic heterocycles. The number of ketones is 1. The van der Waals surface area contributed by atoms with E-state index >= 15 is 0 Å². The van der Waals surface area contributed by atoms with Gasteiger partial charge in [-0.2, -0.15) is 0 Å². The van der Waals surface area contributed by atoms with Crippen LogP contribution >= 0.6 is 0 Å². The maximum atomic E-state index is 12.7. The number of rotatable bonds is 9. The highest BCUT2D eigenvalue weighted by atomic mass is 16.5. The molecule has 2 aromatic carbocycles. The summed E-state index contributed by atoms with van der Waals surface area (Å²) < 4.78 is 5.29. The van der Waals surface area contributed by atoms with Gasteiger partial charge in [0, 0.05) is 36.6 Å². The summed E-state index contributed by atoms with van der Waals surface area (Å²) in [7, 11) is 0. The number of morpholine rings is 1. The number of carbonyl (C=O) groups excluding carboxylic acids is 3. The van der Waals surface area contributed by atoms with Crippen molar-refractivity contribution in [1.82, 2.24) is 4.90 Å². The van der Waals surface area contributed by atoms with Gasteiger partial charge in [0.25, 0.3) is 5.91 Å². The summed E-state index contributed by atoms with van der Waals surface area (Å²) in [4.78, 5) is 39.0. The van der Waals surface area contributed by atoms with Gasteiger partial charge in [0.15, 0.2) is 5.78 Å². The molecule has 1 atom stereocenters. The summed E-state index contributed by atoms with van der Waals surface area (Å²) in [6.07, 6.45) is 4.49. The second-order valence-electron chi connectivity index (χ2n) is 9.16. The van der Waals surface area contributed by atoms with Gasteiger partial charge in [-0.05, 0) is 61.3 Å². The molecule has 2 amide bonds. The molecule has 4 rings (SSSR count). The topological polar surface area (TPSA) is 89.7 Å². The molecule has 0 aromatic heterocycles. The van der Waals surface area contributed by atoms with Crippen LogP contribution in [-0.4, -0.2) is 48.8 Å². The monoisotopic (exact) mass is 448 g/mol. The highest BCUT2D eigenvalue weighted by Crippen LogP contribution is 2.31. The third-order valence-electron chi connectivity index (χ3n) is 6.93. The molecule has 2 N–H and O–H groups in total. The Morgan fingerprint density at radius 3 is 2.12 bits per heavy atom. The molecule has 1 fully saturated rings. The first kappa shape index (κ1) is 23.2. The molecule has 0 bridgehead atoms.